The van der Waals surface area contributed by atoms with Crippen LogP contribution in [0.4, 0.5) is 5.82 Å². The van der Waals surface area contributed by atoms with Gasteiger partial charge in [-0.1, -0.05) is 36.4 Å². The number of aromatic nitrogens is 2. The van der Waals surface area contributed by atoms with Crippen LogP contribution in [0.5, 0.6) is 5.75 Å². The number of hydrogen-bond acceptors (Lipinski definition) is 5. The molecule has 8 heteroatoms. The fourth-order valence-corrected chi connectivity index (χ4v) is 4.04. The van der Waals surface area contributed by atoms with Gasteiger partial charge in [-0.25, -0.2) is 0 Å². The summed E-state index contributed by atoms with van der Waals surface area (Å²) in [6.07, 6.45) is 0. The Bertz CT molecular complexity index is 1400. The van der Waals surface area contributed by atoms with Crippen LogP contribution in [0.25, 0.3) is 0 Å². The molecule has 0 unspecified atom stereocenters. The van der Waals surface area contributed by atoms with Crippen molar-refractivity contribution in [2.45, 2.75) is 13.1 Å². The van der Waals surface area contributed by atoms with Crippen molar-refractivity contribution in [1.82, 2.24) is 14.7 Å². The van der Waals surface area contributed by atoms with Gasteiger partial charge < -0.3 is 15.0 Å². The standard InChI is InChI=1S/C27H22N4O4/c1-35-21-14-12-18(13-15-21)25(32)28-24-22-16-30(26(33)19-8-4-2-5-9-19)17-23(22)31(29-24)27(34)20-10-6-3-7-11-20/h2-15H,16-17H2,1H3,(H,28,29,32). The number of ether oxygens (including phenoxy) is 1. The van der Waals surface area contributed by atoms with Gasteiger partial charge in [0.2, 0.25) is 0 Å². The molecule has 1 aromatic heterocycles. The third-order valence-electron chi connectivity index (χ3n) is 5.88. The molecule has 0 atom stereocenters. The van der Waals surface area contributed by atoms with Gasteiger partial charge in [-0.2, -0.15) is 4.68 Å². The highest BCUT2D eigenvalue weighted by atomic mass is 16.5. The Balaban J connectivity index is 1.48. The molecule has 0 saturated carbocycles. The van der Waals surface area contributed by atoms with E-state index in [4.69, 9.17) is 4.74 Å². The molecule has 1 aliphatic rings. The Morgan fingerprint density at radius 2 is 1.37 bits per heavy atom. The molecule has 174 valence electrons. The van der Waals surface area contributed by atoms with Gasteiger partial charge in [-0.3, -0.25) is 14.4 Å². The topological polar surface area (TPSA) is 93.5 Å². The first-order chi connectivity index (χ1) is 17.0. The maximum atomic E-state index is 13.3. The fourth-order valence-electron chi connectivity index (χ4n) is 4.04. The number of nitrogens with zero attached hydrogens (tertiary/aromatic N) is 3. The Morgan fingerprint density at radius 3 is 1.97 bits per heavy atom. The van der Waals surface area contributed by atoms with Crippen molar-refractivity contribution >= 4 is 23.5 Å². The normalized spacial score (nSPS) is 12.2. The summed E-state index contributed by atoms with van der Waals surface area (Å²) in [7, 11) is 1.55. The summed E-state index contributed by atoms with van der Waals surface area (Å²) >= 11 is 0. The van der Waals surface area contributed by atoms with Crippen molar-refractivity contribution in [3.05, 3.63) is 113 Å². The van der Waals surface area contributed by atoms with E-state index in [1.807, 2.05) is 12.1 Å². The summed E-state index contributed by atoms with van der Waals surface area (Å²) in [6.45, 7) is 0.427. The molecule has 0 fully saturated rings. The average Bonchev–Trinajstić information content (AvgIpc) is 3.49. The van der Waals surface area contributed by atoms with E-state index in [9.17, 15) is 14.4 Å². The first kappa shape index (κ1) is 22.1. The number of anilines is 1. The zero-order valence-electron chi connectivity index (χ0n) is 19.0. The van der Waals surface area contributed by atoms with E-state index in [2.05, 4.69) is 10.4 Å². The van der Waals surface area contributed by atoms with Crippen LogP contribution in [-0.4, -0.2) is 39.5 Å². The highest BCUT2D eigenvalue weighted by Gasteiger charge is 2.33. The van der Waals surface area contributed by atoms with E-state index >= 15 is 0 Å². The highest BCUT2D eigenvalue weighted by molar-refractivity contribution is 6.05. The Labute approximate surface area is 201 Å². The van der Waals surface area contributed by atoms with Gasteiger partial charge in [-0.05, 0) is 48.5 Å². The summed E-state index contributed by atoms with van der Waals surface area (Å²) in [6, 6.07) is 24.4. The van der Waals surface area contributed by atoms with Crippen LogP contribution in [-0.2, 0) is 13.1 Å². The predicted molar refractivity (Wildman–Crippen MR) is 129 cm³/mol. The highest BCUT2D eigenvalue weighted by Crippen LogP contribution is 2.31. The fraction of sp³-hybridized carbons (Fsp3) is 0.111. The predicted octanol–water partition coefficient (Wildman–Crippen LogP) is 3.99. The van der Waals surface area contributed by atoms with Crippen LogP contribution in [0.3, 0.4) is 0 Å². The molecule has 1 N–H and O–H groups in total. The van der Waals surface area contributed by atoms with Crippen LogP contribution < -0.4 is 10.1 Å². The van der Waals surface area contributed by atoms with Gasteiger partial charge in [0.15, 0.2) is 5.82 Å². The molecule has 3 aromatic carbocycles. The zero-order chi connectivity index (χ0) is 24.4. The number of benzene rings is 3. The lowest BCUT2D eigenvalue weighted by Gasteiger charge is -2.16. The van der Waals surface area contributed by atoms with E-state index in [0.29, 0.717) is 33.7 Å². The van der Waals surface area contributed by atoms with Gasteiger partial charge in [-0.15, -0.1) is 5.10 Å². The number of methoxy groups -OCH3 is 1. The Morgan fingerprint density at radius 1 is 0.771 bits per heavy atom. The number of nitrogens with one attached hydrogen (secondary N) is 1. The molecule has 2 heterocycles. The maximum absolute atomic E-state index is 13.3. The monoisotopic (exact) mass is 466 g/mol. The molecule has 0 bridgehead atoms. The lowest BCUT2D eigenvalue weighted by atomic mass is 10.2. The minimum atomic E-state index is -0.375. The molecular weight excluding hydrogens is 444 g/mol. The smallest absolute Gasteiger partial charge is 0.278 e. The van der Waals surface area contributed by atoms with Gasteiger partial charge in [0.25, 0.3) is 17.7 Å². The van der Waals surface area contributed by atoms with Crippen molar-refractivity contribution in [3.8, 4) is 5.75 Å². The summed E-state index contributed by atoms with van der Waals surface area (Å²) in [5.74, 6) is 0.0255. The molecule has 0 radical (unpaired) electrons. The number of rotatable bonds is 5. The second-order valence-electron chi connectivity index (χ2n) is 8.07. The first-order valence-corrected chi connectivity index (χ1v) is 11.1. The van der Waals surface area contributed by atoms with E-state index < -0.39 is 0 Å². The van der Waals surface area contributed by atoms with Crippen molar-refractivity contribution < 1.29 is 19.1 Å². The number of carbonyl (C=O) groups is 3. The summed E-state index contributed by atoms with van der Waals surface area (Å²) < 4.78 is 6.43. The average molecular weight is 466 g/mol. The Kier molecular flexibility index (Phi) is 5.85. The third-order valence-corrected chi connectivity index (χ3v) is 5.88. The molecule has 2 amide bonds. The van der Waals surface area contributed by atoms with Gasteiger partial charge in [0, 0.05) is 22.3 Å². The van der Waals surface area contributed by atoms with Gasteiger partial charge in [0.1, 0.15) is 5.75 Å². The summed E-state index contributed by atoms with van der Waals surface area (Å²) in [5.41, 5.74) is 2.64. The Hall–Kier alpha value is -4.72. The first-order valence-electron chi connectivity index (χ1n) is 11.1. The van der Waals surface area contributed by atoms with Gasteiger partial charge in [0.05, 0.1) is 25.9 Å². The summed E-state index contributed by atoms with van der Waals surface area (Å²) in [4.78, 5) is 40.9. The van der Waals surface area contributed by atoms with E-state index in [-0.39, 0.29) is 36.6 Å². The molecule has 0 saturated heterocycles. The van der Waals surface area contributed by atoms with Crippen LogP contribution >= 0.6 is 0 Å². The van der Waals surface area contributed by atoms with Crippen LogP contribution in [0.2, 0.25) is 0 Å². The lowest BCUT2D eigenvalue weighted by Crippen LogP contribution is -2.27. The molecule has 4 aromatic rings. The molecular formula is C27H22N4O4. The van der Waals surface area contributed by atoms with Crippen LogP contribution in [0.1, 0.15) is 42.3 Å². The third kappa shape index (κ3) is 4.29. The second-order valence-corrected chi connectivity index (χ2v) is 8.07. The van der Waals surface area contributed by atoms with E-state index in [0.717, 1.165) is 0 Å². The minimum absolute atomic E-state index is 0.159. The van der Waals surface area contributed by atoms with Gasteiger partial charge >= 0.3 is 0 Å². The second kappa shape index (κ2) is 9.26. The molecule has 0 spiro atoms. The van der Waals surface area contributed by atoms with Crippen molar-refractivity contribution in [2.24, 2.45) is 0 Å². The van der Waals surface area contributed by atoms with Crippen molar-refractivity contribution in [1.29, 1.82) is 0 Å². The SMILES string of the molecule is COc1ccc(C(=O)Nc2nn(C(=O)c3ccccc3)c3c2CN(C(=O)c2ccccc2)C3)cc1. The van der Waals surface area contributed by atoms with Crippen LogP contribution in [0, 0.1) is 0 Å². The van der Waals surface area contributed by atoms with Crippen molar-refractivity contribution in [3.63, 3.8) is 0 Å². The molecule has 8 nitrogen and oxygen atoms in total. The summed E-state index contributed by atoms with van der Waals surface area (Å²) in [5, 5.41) is 7.27. The number of hydrogen-bond donors (Lipinski definition) is 1. The molecule has 35 heavy (non-hydrogen) atoms. The maximum Gasteiger partial charge on any atom is 0.278 e. The quantitative estimate of drug-likeness (QED) is 0.480. The molecule has 0 aliphatic carbocycles. The molecule has 5 rings (SSSR count). The lowest BCUT2D eigenvalue weighted by molar-refractivity contribution is 0.0744. The molecule has 1 aliphatic heterocycles. The zero-order valence-corrected chi connectivity index (χ0v) is 19.0. The number of fused-ring (bicyclic) bond motifs is 1. The largest absolute Gasteiger partial charge is 0.497 e. The number of carbonyl (C=O) groups excluding carboxylic acids is 3. The van der Waals surface area contributed by atoms with E-state index in [1.165, 1.54) is 4.68 Å². The van der Waals surface area contributed by atoms with E-state index in [1.54, 1.807) is 84.8 Å². The van der Waals surface area contributed by atoms with Crippen molar-refractivity contribution in [2.75, 3.05) is 12.4 Å². The number of amides is 2. The van der Waals surface area contributed by atoms with Crippen LogP contribution in [0.15, 0.2) is 84.9 Å². The minimum Gasteiger partial charge on any atom is -0.497 e.